The summed E-state index contributed by atoms with van der Waals surface area (Å²) < 4.78 is 5.10. The van der Waals surface area contributed by atoms with Crippen molar-refractivity contribution in [1.29, 1.82) is 0 Å². The van der Waals surface area contributed by atoms with Gasteiger partial charge in [0.25, 0.3) is 5.91 Å². The Morgan fingerprint density at radius 1 is 1.09 bits per heavy atom. The highest BCUT2D eigenvalue weighted by Crippen LogP contribution is 2.11. The van der Waals surface area contributed by atoms with Gasteiger partial charge < -0.3 is 15.8 Å². The summed E-state index contributed by atoms with van der Waals surface area (Å²) >= 11 is 4.87. The molecule has 0 unspecified atom stereocenters. The van der Waals surface area contributed by atoms with Gasteiger partial charge in [0, 0.05) is 18.5 Å². The number of hydrogen-bond donors (Lipinski definition) is 2. The van der Waals surface area contributed by atoms with Crippen LogP contribution in [0.2, 0.25) is 0 Å². The zero-order valence-electron chi connectivity index (χ0n) is 12.3. The van der Waals surface area contributed by atoms with E-state index in [1.54, 1.807) is 19.2 Å². The van der Waals surface area contributed by atoms with E-state index in [-0.39, 0.29) is 5.91 Å². The highest BCUT2D eigenvalue weighted by atomic mass is 32.1. The van der Waals surface area contributed by atoms with Crippen molar-refractivity contribution in [2.75, 3.05) is 7.11 Å². The van der Waals surface area contributed by atoms with Crippen LogP contribution >= 0.6 is 12.2 Å². The minimum Gasteiger partial charge on any atom is -0.497 e. The molecule has 0 spiro atoms. The van der Waals surface area contributed by atoms with Crippen molar-refractivity contribution in [3.63, 3.8) is 0 Å². The van der Waals surface area contributed by atoms with Gasteiger partial charge in [-0.25, -0.2) is 0 Å². The maximum Gasteiger partial charge on any atom is 0.251 e. The third kappa shape index (κ3) is 4.56. The smallest absolute Gasteiger partial charge is 0.251 e. The molecule has 0 aromatic heterocycles. The van der Waals surface area contributed by atoms with Crippen LogP contribution in [0.25, 0.3) is 0 Å². The molecule has 0 fully saturated rings. The van der Waals surface area contributed by atoms with Crippen molar-refractivity contribution in [1.82, 2.24) is 5.32 Å². The van der Waals surface area contributed by atoms with E-state index in [1.807, 2.05) is 36.4 Å². The number of nitrogens with one attached hydrogen (secondary N) is 1. The average Bonchev–Trinajstić information content (AvgIpc) is 2.53. The van der Waals surface area contributed by atoms with Gasteiger partial charge in [0.15, 0.2) is 0 Å². The number of methoxy groups -OCH3 is 1. The summed E-state index contributed by atoms with van der Waals surface area (Å²) in [6, 6.07) is 14.9. The number of rotatable bonds is 6. The lowest BCUT2D eigenvalue weighted by molar-refractivity contribution is 0.0951. The third-order valence-electron chi connectivity index (χ3n) is 3.21. The molecule has 0 aliphatic rings. The molecule has 0 aliphatic carbocycles. The number of hydrogen-bond acceptors (Lipinski definition) is 3. The predicted octanol–water partition coefficient (Wildman–Crippen LogP) is 2.45. The van der Waals surface area contributed by atoms with E-state index < -0.39 is 0 Å². The van der Waals surface area contributed by atoms with E-state index in [0.717, 1.165) is 16.9 Å². The zero-order valence-corrected chi connectivity index (χ0v) is 13.2. The van der Waals surface area contributed by atoms with Crippen molar-refractivity contribution < 1.29 is 9.53 Å². The number of carbonyl (C=O) groups excluding carboxylic acids is 1. The van der Waals surface area contributed by atoms with Gasteiger partial charge in [-0.1, -0.05) is 36.5 Å². The molecule has 2 aromatic carbocycles. The van der Waals surface area contributed by atoms with Gasteiger partial charge >= 0.3 is 0 Å². The molecule has 0 aliphatic heterocycles. The summed E-state index contributed by atoms with van der Waals surface area (Å²) in [4.78, 5) is 12.5. The average molecular weight is 314 g/mol. The Bertz CT molecular complexity index is 651. The Hall–Kier alpha value is -2.40. The molecule has 4 nitrogen and oxygen atoms in total. The molecule has 3 N–H and O–H groups in total. The summed E-state index contributed by atoms with van der Waals surface area (Å²) in [7, 11) is 1.62. The molecule has 1 amide bonds. The lowest BCUT2D eigenvalue weighted by atomic mass is 10.1. The van der Waals surface area contributed by atoms with Crippen LogP contribution in [-0.2, 0) is 13.0 Å². The van der Waals surface area contributed by atoms with E-state index in [9.17, 15) is 4.79 Å². The predicted molar refractivity (Wildman–Crippen MR) is 91.1 cm³/mol. The summed E-state index contributed by atoms with van der Waals surface area (Å²) in [5, 5.41) is 2.88. The second-order valence-corrected chi connectivity index (χ2v) is 5.40. The summed E-state index contributed by atoms with van der Waals surface area (Å²) in [5.41, 5.74) is 8.12. The van der Waals surface area contributed by atoms with Crippen LogP contribution in [0.3, 0.4) is 0 Å². The van der Waals surface area contributed by atoms with Crippen LogP contribution in [0.4, 0.5) is 0 Å². The standard InChI is InChI=1S/C17H18N2O2S/c1-21-15-8-4-13(5-9-15)11-19-17(20)14-6-2-12(3-7-14)10-16(18)22/h2-9H,10-11H2,1H3,(H2,18,22)(H,19,20). The van der Waals surface area contributed by atoms with Gasteiger partial charge in [-0.15, -0.1) is 0 Å². The van der Waals surface area contributed by atoms with Gasteiger partial charge in [0.1, 0.15) is 5.75 Å². The molecular weight excluding hydrogens is 296 g/mol. The van der Waals surface area contributed by atoms with Gasteiger partial charge in [-0.05, 0) is 35.4 Å². The lowest BCUT2D eigenvalue weighted by Crippen LogP contribution is -2.22. The fourth-order valence-corrected chi connectivity index (χ4v) is 2.17. The van der Waals surface area contributed by atoms with Crippen molar-refractivity contribution >= 4 is 23.1 Å². The van der Waals surface area contributed by atoms with Crippen molar-refractivity contribution in [2.45, 2.75) is 13.0 Å². The Labute approximate surface area is 135 Å². The van der Waals surface area contributed by atoms with Crippen LogP contribution in [0.1, 0.15) is 21.5 Å². The molecule has 0 atom stereocenters. The zero-order chi connectivity index (χ0) is 15.9. The monoisotopic (exact) mass is 314 g/mol. The molecular formula is C17H18N2O2S. The third-order valence-corrected chi connectivity index (χ3v) is 3.35. The van der Waals surface area contributed by atoms with Crippen molar-refractivity contribution in [3.05, 3.63) is 65.2 Å². The Kier molecular flexibility index (Phi) is 5.49. The quantitative estimate of drug-likeness (QED) is 0.804. The molecule has 0 heterocycles. The second-order valence-electron chi connectivity index (χ2n) is 4.87. The number of thiocarbonyl (C=S) groups is 1. The largest absolute Gasteiger partial charge is 0.497 e. The summed E-state index contributed by atoms with van der Waals surface area (Å²) in [6.07, 6.45) is 0.545. The van der Waals surface area contributed by atoms with E-state index >= 15 is 0 Å². The number of benzene rings is 2. The minimum atomic E-state index is -0.113. The van der Waals surface area contributed by atoms with Gasteiger partial charge in [-0.3, -0.25) is 4.79 Å². The highest BCUT2D eigenvalue weighted by Gasteiger charge is 2.05. The molecule has 0 bridgehead atoms. The SMILES string of the molecule is COc1ccc(CNC(=O)c2ccc(CC(N)=S)cc2)cc1. The molecule has 2 rings (SSSR count). The Morgan fingerprint density at radius 2 is 1.68 bits per heavy atom. The summed E-state index contributed by atoms with van der Waals surface area (Å²) in [6.45, 7) is 0.470. The molecule has 0 radical (unpaired) electrons. The van der Waals surface area contributed by atoms with E-state index in [4.69, 9.17) is 22.7 Å². The van der Waals surface area contributed by atoms with E-state index in [2.05, 4.69) is 5.32 Å². The highest BCUT2D eigenvalue weighted by molar-refractivity contribution is 7.80. The van der Waals surface area contributed by atoms with Crippen molar-refractivity contribution in [2.24, 2.45) is 5.73 Å². The van der Waals surface area contributed by atoms with Crippen LogP contribution in [0.15, 0.2) is 48.5 Å². The van der Waals surface area contributed by atoms with Gasteiger partial charge in [0.05, 0.1) is 12.1 Å². The first-order valence-electron chi connectivity index (χ1n) is 6.87. The van der Waals surface area contributed by atoms with Crippen LogP contribution in [-0.4, -0.2) is 18.0 Å². The number of nitrogens with two attached hydrogens (primary N) is 1. The number of amides is 1. The minimum absolute atomic E-state index is 0.113. The molecule has 114 valence electrons. The van der Waals surface area contributed by atoms with Crippen LogP contribution in [0, 0.1) is 0 Å². The molecule has 22 heavy (non-hydrogen) atoms. The summed E-state index contributed by atoms with van der Waals surface area (Å²) in [5.74, 6) is 0.682. The number of carbonyl (C=O) groups is 1. The maximum atomic E-state index is 12.1. The number of ether oxygens (including phenoxy) is 1. The normalized spacial score (nSPS) is 10.0. The van der Waals surface area contributed by atoms with Gasteiger partial charge in [0.2, 0.25) is 0 Å². The topological polar surface area (TPSA) is 64.3 Å². The van der Waals surface area contributed by atoms with E-state index in [1.165, 1.54) is 0 Å². The first-order valence-corrected chi connectivity index (χ1v) is 7.27. The fraction of sp³-hybridized carbons (Fsp3) is 0.176. The lowest BCUT2D eigenvalue weighted by Gasteiger charge is -2.07. The fourth-order valence-electron chi connectivity index (χ4n) is 2.00. The maximum absolute atomic E-state index is 12.1. The molecule has 2 aromatic rings. The Balaban J connectivity index is 1.92. The van der Waals surface area contributed by atoms with Crippen LogP contribution < -0.4 is 15.8 Å². The Morgan fingerprint density at radius 3 is 2.23 bits per heavy atom. The van der Waals surface area contributed by atoms with E-state index in [0.29, 0.717) is 23.5 Å². The second kappa shape index (κ2) is 7.56. The first kappa shape index (κ1) is 16.0. The molecule has 5 heteroatoms. The molecule has 0 saturated heterocycles. The van der Waals surface area contributed by atoms with Crippen LogP contribution in [0.5, 0.6) is 5.75 Å². The van der Waals surface area contributed by atoms with Gasteiger partial charge in [-0.2, -0.15) is 0 Å². The molecule has 0 saturated carbocycles. The first-order chi connectivity index (χ1) is 10.6. The van der Waals surface area contributed by atoms with Crippen molar-refractivity contribution in [3.8, 4) is 5.75 Å².